The van der Waals surface area contributed by atoms with Crippen molar-refractivity contribution in [1.82, 2.24) is 0 Å². The van der Waals surface area contributed by atoms with Crippen molar-refractivity contribution in [3.63, 3.8) is 0 Å². The molecule has 2 rings (SSSR count). The Labute approximate surface area is 88.0 Å². The molecule has 1 heterocycles. The predicted octanol–water partition coefficient (Wildman–Crippen LogP) is 3.41. The number of hydrogen-bond donors (Lipinski definition) is 0. The molecule has 0 radical (unpaired) electrons. The minimum absolute atomic E-state index is 0.448. The number of allylic oxidation sites excluding steroid dienone is 3. The average Bonchev–Trinajstić information content (AvgIpc) is 2.20. The summed E-state index contributed by atoms with van der Waals surface area (Å²) in [7, 11) is 0. The zero-order valence-electron chi connectivity index (χ0n) is 7.71. The van der Waals surface area contributed by atoms with Gasteiger partial charge in [-0.3, -0.25) is 0 Å². The van der Waals surface area contributed by atoms with Crippen LogP contribution in [0.3, 0.4) is 0 Å². The van der Waals surface area contributed by atoms with Crippen LogP contribution in [-0.4, -0.2) is 12.7 Å². The molecule has 1 nitrogen and oxygen atoms in total. The molecule has 0 spiro atoms. The van der Waals surface area contributed by atoms with Crippen LogP contribution in [-0.2, 0) is 4.74 Å². The van der Waals surface area contributed by atoms with E-state index in [1.165, 1.54) is 23.7 Å². The molecule has 2 aliphatic rings. The van der Waals surface area contributed by atoms with Crippen molar-refractivity contribution in [3.05, 3.63) is 22.7 Å². The van der Waals surface area contributed by atoms with Crippen molar-refractivity contribution in [2.45, 2.75) is 31.8 Å². The van der Waals surface area contributed by atoms with Crippen LogP contribution in [0.1, 0.15) is 25.7 Å². The summed E-state index contributed by atoms with van der Waals surface area (Å²) in [6, 6.07) is 0. The van der Waals surface area contributed by atoms with Crippen LogP contribution in [0.5, 0.6) is 0 Å². The van der Waals surface area contributed by atoms with E-state index < -0.39 is 0 Å². The largest absolute Gasteiger partial charge is 0.378 e. The van der Waals surface area contributed by atoms with Crippen LogP contribution < -0.4 is 0 Å². The number of halogens is 1. The normalized spacial score (nSPS) is 34.4. The van der Waals surface area contributed by atoms with Gasteiger partial charge in [-0.05, 0) is 25.7 Å². The summed E-state index contributed by atoms with van der Waals surface area (Å²) in [5, 5.41) is 0. The fraction of sp³-hybridized carbons (Fsp3) is 0.636. The van der Waals surface area contributed by atoms with E-state index in [-0.39, 0.29) is 0 Å². The van der Waals surface area contributed by atoms with Gasteiger partial charge in [-0.2, -0.15) is 0 Å². The van der Waals surface area contributed by atoms with Crippen LogP contribution in [0.15, 0.2) is 22.7 Å². The lowest BCUT2D eigenvalue weighted by atomic mass is 9.90. The van der Waals surface area contributed by atoms with E-state index in [9.17, 15) is 0 Å². The Hall–Kier alpha value is -0.0800. The second-order valence-electron chi connectivity index (χ2n) is 3.73. The fourth-order valence-corrected chi connectivity index (χ4v) is 2.67. The maximum atomic E-state index is 5.78. The second kappa shape index (κ2) is 4.43. The van der Waals surface area contributed by atoms with Gasteiger partial charge in [0.1, 0.15) is 0 Å². The quantitative estimate of drug-likeness (QED) is 0.685. The van der Waals surface area contributed by atoms with Crippen LogP contribution in [0.25, 0.3) is 0 Å². The molecule has 0 amide bonds. The van der Waals surface area contributed by atoms with E-state index in [1.807, 2.05) is 0 Å². The first-order chi connectivity index (χ1) is 6.38. The average molecular weight is 243 g/mol. The zero-order chi connectivity index (χ0) is 9.10. The van der Waals surface area contributed by atoms with Crippen molar-refractivity contribution in [2.75, 3.05) is 6.61 Å². The van der Waals surface area contributed by atoms with E-state index in [0.29, 0.717) is 12.0 Å². The summed E-state index contributed by atoms with van der Waals surface area (Å²) < 4.78 is 7.09. The fourth-order valence-electron chi connectivity index (χ4n) is 2.03. The van der Waals surface area contributed by atoms with E-state index >= 15 is 0 Å². The van der Waals surface area contributed by atoms with Gasteiger partial charge < -0.3 is 4.74 Å². The van der Waals surface area contributed by atoms with Crippen molar-refractivity contribution in [1.29, 1.82) is 0 Å². The first kappa shape index (κ1) is 9.47. The van der Waals surface area contributed by atoms with Crippen LogP contribution in [0.2, 0.25) is 0 Å². The van der Waals surface area contributed by atoms with Gasteiger partial charge in [-0.25, -0.2) is 0 Å². The molecule has 0 aromatic heterocycles. The molecule has 13 heavy (non-hydrogen) atoms. The molecule has 0 bridgehead atoms. The van der Waals surface area contributed by atoms with Gasteiger partial charge in [-0.1, -0.05) is 34.2 Å². The number of rotatable bonds is 1. The van der Waals surface area contributed by atoms with Gasteiger partial charge in [0.15, 0.2) is 0 Å². The molecule has 0 saturated carbocycles. The van der Waals surface area contributed by atoms with Gasteiger partial charge in [0.25, 0.3) is 0 Å². The molecule has 1 aliphatic carbocycles. The third-order valence-electron chi connectivity index (χ3n) is 2.80. The minimum Gasteiger partial charge on any atom is -0.378 e. The molecular formula is C11H15BrO. The lowest BCUT2D eigenvalue weighted by Gasteiger charge is -2.30. The summed E-state index contributed by atoms with van der Waals surface area (Å²) >= 11 is 3.62. The molecule has 1 aliphatic heterocycles. The highest BCUT2D eigenvalue weighted by molar-refractivity contribution is 9.11. The first-order valence-electron chi connectivity index (χ1n) is 5.02. The Kier molecular flexibility index (Phi) is 3.23. The zero-order valence-corrected chi connectivity index (χ0v) is 9.29. The topological polar surface area (TPSA) is 9.23 Å². The third-order valence-corrected chi connectivity index (χ3v) is 3.65. The summed E-state index contributed by atoms with van der Waals surface area (Å²) in [5.74, 6) is 0.574. The Morgan fingerprint density at radius 3 is 3.00 bits per heavy atom. The van der Waals surface area contributed by atoms with Crippen molar-refractivity contribution in [3.8, 4) is 0 Å². The van der Waals surface area contributed by atoms with Crippen molar-refractivity contribution >= 4 is 15.9 Å². The van der Waals surface area contributed by atoms with E-state index in [1.54, 1.807) is 0 Å². The van der Waals surface area contributed by atoms with Crippen LogP contribution in [0, 0.1) is 5.92 Å². The highest BCUT2D eigenvalue weighted by atomic mass is 79.9. The molecule has 0 N–H and O–H groups in total. The molecule has 0 aromatic rings. The Bertz CT molecular complexity index is 226. The maximum absolute atomic E-state index is 5.78. The lowest BCUT2D eigenvalue weighted by Crippen LogP contribution is -2.28. The Morgan fingerprint density at radius 1 is 1.38 bits per heavy atom. The SMILES string of the molecule is BrC1=CC=CCC1C1CCCCO1. The van der Waals surface area contributed by atoms with Gasteiger partial charge in [-0.15, -0.1) is 0 Å². The molecule has 1 saturated heterocycles. The Morgan fingerprint density at radius 2 is 2.31 bits per heavy atom. The molecule has 1 fully saturated rings. The smallest absolute Gasteiger partial charge is 0.0651 e. The van der Waals surface area contributed by atoms with Crippen LogP contribution >= 0.6 is 15.9 Å². The lowest BCUT2D eigenvalue weighted by molar-refractivity contribution is -0.00915. The minimum atomic E-state index is 0.448. The van der Waals surface area contributed by atoms with Crippen molar-refractivity contribution in [2.24, 2.45) is 5.92 Å². The van der Waals surface area contributed by atoms with E-state index in [0.717, 1.165) is 13.0 Å². The molecule has 72 valence electrons. The summed E-state index contributed by atoms with van der Waals surface area (Å²) in [6.07, 6.45) is 11.8. The highest BCUT2D eigenvalue weighted by Gasteiger charge is 2.26. The molecule has 0 aromatic carbocycles. The van der Waals surface area contributed by atoms with Gasteiger partial charge in [0, 0.05) is 17.0 Å². The summed E-state index contributed by atoms with van der Waals surface area (Å²) in [5.41, 5.74) is 0. The molecular weight excluding hydrogens is 228 g/mol. The standard InChI is InChI=1S/C11H15BrO/c12-10-6-2-1-5-9(10)11-7-3-4-8-13-11/h1-2,6,9,11H,3-5,7-8H2. The number of hydrogen-bond acceptors (Lipinski definition) is 1. The van der Waals surface area contributed by atoms with Crippen LogP contribution in [0.4, 0.5) is 0 Å². The number of ether oxygens (including phenoxy) is 1. The van der Waals surface area contributed by atoms with Crippen molar-refractivity contribution < 1.29 is 4.74 Å². The molecule has 2 atom stereocenters. The molecule has 2 heteroatoms. The maximum Gasteiger partial charge on any atom is 0.0651 e. The first-order valence-corrected chi connectivity index (χ1v) is 5.81. The van der Waals surface area contributed by atoms with Gasteiger partial charge >= 0.3 is 0 Å². The van der Waals surface area contributed by atoms with E-state index in [2.05, 4.69) is 34.2 Å². The van der Waals surface area contributed by atoms with Gasteiger partial charge in [0.05, 0.1) is 6.10 Å². The monoisotopic (exact) mass is 242 g/mol. The summed E-state index contributed by atoms with van der Waals surface area (Å²) in [6.45, 7) is 0.950. The second-order valence-corrected chi connectivity index (χ2v) is 4.64. The van der Waals surface area contributed by atoms with Gasteiger partial charge in [0.2, 0.25) is 0 Å². The third kappa shape index (κ3) is 2.23. The molecule has 2 unspecified atom stereocenters. The highest BCUT2D eigenvalue weighted by Crippen LogP contribution is 2.33. The Balaban J connectivity index is 1.99. The summed E-state index contributed by atoms with van der Waals surface area (Å²) in [4.78, 5) is 0. The van der Waals surface area contributed by atoms with E-state index in [4.69, 9.17) is 4.74 Å². The predicted molar refractivity (Wildman–Crippen MR) is 57.8 cm³/mol.